The van der Waals surface area contributed by atoms with Crippen LogP contribution >= 0.6 is 11.8 Å². The highest BCUT2D eigenvalue weighted by atomic mass is 32.2. The van der Waals surface area contributed by atoms with Crippen molar-refractivity contribution < 1.29 is 22.7 Å². The number of esters is 1. The van der Waals surface area contributed by atoms with E-state index < -0.39 is 11.5 Å². The minimum Gasteiger partial charge on any atom is -0.466 e. The molecule has 0 atom stereocenters. The van der Waals surface area contributed by atoms with E-state index >= 15 is 0 Å². The summed E-state index contributed by atoms with van der Waals surface area (Å²) in [6.07, 6.45) is 0.152. The highest BCUT2D eigenvalue weighted by Crippen LogP contribution is 2.40. The maximum Gasteiger partial charge on any atom is 0.446 e. The Kier molecular flexibility index (Phi) is 6.09. The van der Waals surface area contributed by atoms with Gasteiger partial charge in [-0.2, -0.15) is 18.4 Å². The fraction of sp³-hybridized carbons (Fsp3) is 0.429. The van der Waals surface area contributed by atoms with Crippen LogP contribution < -0.4 is 0 Å². The lowest BCUT2D eigenvalue weighted by Gasteiger charge is -2.14. The molecule has 0 unspecified atom stereocenters. The zero-order valence-corrected chi connectivity index (χ0v) is 12.4. The van der Waals surface area contributed by atoms with Crippen LogP contribution in [0, 0.1) is 11.3 Å². The van der Waals surface area contributed by atoms with Gasteiger partial charge in [0.25, 0.3) is 0 Å². The van der Waals surface area contributed by atoms with Crippen LogP contribution in [0.25, 0.3) is 0 Å². The van der Waals surface area contributed by atoms with Crippen LogP contribution in [-0.4, -0.2) is 18.1 Å². The predicted octanol–water partition coefficient (Wildman–Crippen LogP) is 3.84. The van der Waals surface area contributed by atoms with E-state index in [1.54, 1.807) is 13.8 Å². The third kappa shape index (κ3) is 5.31. The second-order valence-electron chi connectivity index (χ2n) is 4.12. The molecule has 1 rings (SSSR count). The number of hydrogen-bond donors (Lipinski definition) is 0. The fourth-order valence-corrected chi connectivity index (χ4v) is 2.53. The van der Waals surface area contributed by atoms with Gasteiger partial charge in [0.15, 0.2) is 0 Å². The molecule has 0 aliphatic heterocycles. The summed E-state index contributed by atoms with van der Waals surface area (Å²) in [7, 11) is 0. The molecular formula is C14H14F3NO2S. The summed E-state index contributed by atoms with van der Waals surface area (Å²) >= 11 is -0.312. The third-order valence-corrected chi connectivity index (χ3v) is 3.47. The lowest BCUT2D eigenvalue weighted by atomic mass is 10.0. The molecule has 1 aromatic carbocycles. The summed E-state index contributed by atoms with van der Waals surface area (Å²) < 4.78 is 42.7. The zero-order chi connectivity index (χ0) is 16.0. The lowest BCUT2D eigenvalue weighted by Crippen LogP contribution is -2.11. The topological polar surface area (TPSA) is 50.1 Å². The minimum absolute atomic E-state index is 0.0653. The quantitative estimate of drug-likeness (QED) is 0.611. The molecule has 0 fully saturated rings. The first-order valence-corrected chi connectivity index (χ1v) is 7.09. The van der Waals surface area contributed by atoms with E-state index in [1.165, 1.54) is 12.1 Å². The van der Waals surface area contributed by atoms with Crippen molar-refractivity contribution >= 4 is 17.7 Å². The molecule has 114 valence electrons. The van der Waals surface area contributed by atoms with Gasteiger partial charge in [-0.3, -0.25) is 4.79 Å². The Labute approximate surface area is 125 Å². The van der Waals surface area contributed by atoms with Crippen LogP contribution in [0.1, 0.15) is 30.5 Å². The normalized spacial score (nSPS) is 11.0. The summed E-state index contributed by atoms with van der Waals surface area (Å²) in [5, 5.41) is 9.11. The highest BCUT2D eigenvalue weighted by Gasteiger charge is 2.31. The van der Waals surface area contributed by atoms with Gasteiger partial charge < -0.3 is 4.74 Å². The average Bonchev–Trinajstić information content (AvgIpc) is 2.39. The molecule has 0 aliphatic carbocycles. The number of thioether (sulfide) groups is 1. The Morgan fingerprint density at radius 3 is 2.52 bits per heavy atom. The summed E-state index contributed by atoms with van der Waals surface area (Å²) in [5.41, 5.74) is -3.72. The van der Waals surface area contributed by atoms with E-state index in [9.17, 15) is 18.0 Å². The Morgan fingerprint density at radius 2 is 2.05 bits per heavy atom. The van der Waals surface area contributed by atoms with Gasteiger partial charge >= 0.3 is 11.5 Å². The van der Waals surface area contributed by atoms with E-state index in [1.807, 2.05) is 6.07 Å². The maximum atomic E-state index is 12.6. The molecule has 1 aromatic rings. The van der Waals surface area contributed by atoms with Gasteiger partial charge in [0, 0.05) is 4.90 Å². The van der Waals surface area contributed by atoms with Crippen LogP contribution in [0.15, 0.2) is 17.0 Å². The fourth-order valence-electron chi connectivity index (χ4n) is 1.76. The number of halogens is 3. The molecule has 3 nitrogen and oxygen atoms in total. The number of rotatable bonds is 5. The van der Waals surface area contributed by atoms with Crippen molar-refractivity contribution in [3.8, 4) is 6.07 Å². The second kappa shape index (κ2) is 7.36. The van der Waals surface area contributed by atoms with Crippen molar-refractivity contribution in [1.82, 2.24) is 0 Å². The van der Waals surface area contributed by atoms with Gasteiger partial charge in [-0.05, 0) is 48.4 Å². The van der Waals surface area contributed by atoms with Crippen LogP contribution in [0.4, 0.5) is 13.2 Å². The van der Waals surface area contributed by atoms with Crippen molar-refractivity contribution in [3.63, 3.8) is 0 Å². The van der Waals surface area contributed by atoms with Crippen LogP contribution in [0.2, 0.25) is 0 Å². The van der Waals surface area contributed by atoms with E-state index in [-0.39, 0.29) is 40.8 Å². The number of ether oxygens (including phenoxy) is 1. The molecule has 0 spiro atoms. The summed E-state index contributed by atoms with van der Waals surface area (Å²) in [6, 6.07) is 4.73. The van der Waals surface area contributed by atoms with E-state index in [0.717, 1.165) is 0 Å². The Balaban J connectivity index is 3.29. The van der Waals surface area contributed by atoms with Gasteiger partial charge in [-0.1, -0.05) is 6.92 Å². The van der Waals surface area contributed by atoms with E-state index in [2.05, 4.69) is 0 Å². The SMILES string of the molecule is CCOC(=O)Cc1c(C#N)cc(CC)cc1SC(F)(F)F. The lowest BCUT2D eigenvalue weighted by molar-refractivity contribution is -0.142. The smallest absolute Gasteiger partial charge is 0.446 e. The van der Waals surface area contributed by atoms with Crippen molar-refractivity contribution in [2.24, 2.45) is 0 Å². The number of carbonyl (C=O) groups is 1. The first-order valence-electron chi connectivity index (χ1n) is 6.28. The molecular weight excluding hydrogens is 303 g/mol. The Hall–Kier alpha value is -1.68. The van der Waals surface area contributed by atoms with Gasteiger partial charge in [-0.25, -0.2) is 0 Å². The standard InChI is InChI=1S/C14H14F3NO2S/c1-3-9-5-10(8-18)11(7-13(19)20-4-2)12(6-9)21-14(15,16)17/h5-6H,3-4,7H2,1-2H3. The second-order valence-corrected chi connectivity index (χ2v) is 5.22. The number of aryl methyl sites for hydroxylation is 1. The van der Waals surface area contributed by atoms with Crippen LogP contribution in [-0.2, 0) is 22.4 Å². The van der Waals surface area contributed by atoms with Gasteiger partial charge in [0.05, 0.1) is 24.7 Å². The average molecular weight is 317 g/mol. The number of benzene rings is 1. The van der Waals surface area contributed by atoms with Crippen molar-refractivity contribution in [1.29, 1.82) is 5.26 Å². The first kappa shape index (κ1) is 17.4. The summed E-state index contributed by atoms with van der Waals surface area (Å²) in [5.74, 6) is -0.651. The molecule has 0 aromatic heterocycles. The highest BCUT2D eigenvalue weighted by molar-refractivity contribution is 8.00. The molecule has 0 saturated heterocycles. The predicted molar refractivity (Wildman–Crippen MR) is 72.8 cm³/mol. The van der Waals surface area contributed by atoms with E-state index in [0.29, 0.717) is 12.0 Å². The molecule has 0 amide bonds. The Bertz CT molecular complexity index is 565. The van der Waals surface area contributed by atoms with Gasteiger partial charge in [0.2, 0.25) is 0 Å². The van der Waals surface area contributed by atoms with Crippen molar-refractivity contribution in [2.45, 2.75) is 37.1 Å². The minimum atomic E-state index is -4.48. The zero-order valence-electron chi connectivity index (χ0n) is 11.6. The molecule has 0 N–H and O–H groups in total. The number of carbonyl (C=O) groups excluding carboxylic acids is 1. The van der Waals surface area contributed by atoms with E-state index in [4.69, 9.17) is 10.00 Å². The number of alkyl halides is 3. The number of nitriles is 1. The van der Waals surface area contributed by atoms with Crippen molar-refractivity contribution in [2.75, 3.05) is 6.61 Å². The van der Waals surface area contributed by atoms with Crippen molar-refractivity contribution in [3.05, 3.63) is 28.8 Å². The van der Waals surface area contributed by atoms with Gasteiger partial charge in [0.1, 0.15) is 0 Å². The molecule has 0 radical (unpaired) electrons. The monoisotopic (exact) mass is 317 g/mol. The molecule has 0 bridgehead atoms. The summed E-state index contributed by atoms with van der Waals surface area (Å²) in [6.45, 7) is 3.52. The molecule has 7 heteroatoms. The van der Waals surface area contributed by atoms with Crippen LogP contribution in [0.5, 0.6) is 0 Å². The summed E-state index contributed by atoms with van der Waals surface area (Å²) in [4.78, 5) is 11.4. The maximum absolute atomic E-state index is 12.6. The van der Waals surface area contributed by atoms with Gasteiger partial charge in [-0.15, -0.1) is 0 Å². The molecule has 21 heavy (non-hydrogen) atoms. The molecule has 0 heterocycles. The molecule has 0 saturated carbocycles. The number of hydrogen-bond acceptors (Lipinski definition) is 4. The first-order chi connectivity index (χ1) is 9.80. The largest absolute Gasteiger partial charge is 0.466 e. The van der Waals surface area contributed by atoms with Crippen LogP contribution in [0.3, 0.4) is 0 Å². The third-order valence-electron chi connectivity index (χ3n) is 2.65. The number of nitrogens with zero attached hydrogens (tertiary/aromatic N) is 1. The Morgan fingerprint density at radius 1 is 1.38 bits per heavy atom. The molecule has 0 aliphatic rings.